The SMILES string of the molecule is COc1cccc(CCNC(=O)N(C)CC(O)C2CC2)c1. The van der Waals surface area contributed by atoms with E-state index in [-0.39, 0.29) is 12.1 Å². The van der Waals surface area contributed by atoms with E-state index in [0.29, 0.717) is 19.0 Å². The number of methoxy groups -OCH3 is 1. The minimum atomic E-state index is -0.390. The van der Waals surface area contributed by atoms with Gasteiger partial charge in [-0.3, -0.25) is 0 Å². The Morgan fingerprint density at radius 1 is 1.52 bits per heavy atom. The Morgan fingerprint density at radius 3 is 2.95 bits per heavy atom. The third kappa shape index (κ3) is 4.93. The second kappa shape index (κ2) is 7.31. The van der Waals surface area contributed by atoms with Gasteiger partial charge in [-0.15, -0.1) is 0 Å². The smallest absolute Gasteiger partial charge is 0.317 e. The minimum Gasteiger partial charge on any atom is -0.497 e. The predicted molar refractivity (Wildman–Crippen MR) is 81.5 cm³/mol. The van der Waals surface area contributed by atoms with Crippen LogP contribution in [0.15, 0.2) is 24.3 Å². The molecule has 5 heteroatoms. The van der Waals surface area contributed by atoms with Crippen LogP contribution in [0.25, 0.3) is 0 Å². The Balaban J connectivity index is 1.70. The maximum absolute atomic E-state index is 11.9. The zero-order valence-electron chi connectivity index (χ0n) is 12.7. The summed E-state index contributed by atoms with van der Waals surface area (Å²) >= 11 is 0. The third-order valence-electron chi connectivity index (χ3n) is 3.80. The first-order chi connectivity index (χ1) is 10.1. The lowest BCUT2D eigenvalue weighted by atomic mass is 10.1. The van der Waals surface area contributed by atoms with Gasteiger partial charge in [0.2, 0.25) is 0 Å². The summed E-state index contributed by atoms with van der Waals surface area (Å²) in [6.07, 6.45) is 2.51. The Hall–Kier alpha value is -1.75. The molecular formula is C16H24N2O3. The zero-order chi connectivity index (χ0) is 15.2. The molecule has 0 aromatic heterocycles. The van der Waals surface area contributed by atoms with Gasteiger partial charge in [-0.25, -0.2) is 4.79 Å². The Bertz CT molecular complexity index is 474. The second-order valence-electron chi connectivity index (χ2n) is 5.62. The van der Waals surface area contributed by atoms with Crippen LogP contribution in [-0.4, -0.2) is 49.4 Å². The number of ether oxygens (including phenoxy) is 1. The number of hydrogen-bond donors (Lipinski definition) is 2. The predicted octanol–water partition coefficient (Wildman–Crippen LogP) is 1.65. The maximum Gasteiger partial charge on any atom is 0.317 e. The molecule has 1 aromatic rings. The van der Waals surface area contributed by atoms with Gasteiger partial charge in [0, 0.05) is 20.1 Å². The average molecular weight is 292 g/mol. The first-order valence-electron chi connectivity index (χ1n) is 7.40. The fraction of sp³-hybridized carbons (Fsp3) is 0.562. The molecule has 116 valence electrons. The first-order valence-corrected chi connectivity index (χ1v) is 7.40. The largest absolute Gasteiger partial charge is 0.497 e. The number of aliphatic hydroxyl groups excluding tert-OH is 1. The van der Waals surface area contributed by atoms with Gasteiger partial charge in [0.1, 0.15) is 5.75 Å². The fourth-order valence-corrected chi connectivity index (χ4v) is 2.27. The topological polar surface area (TPSA) is 61.8 Å². The van der Waals surface area contributed by atoms with Gasteiger partial charge in [-0.1, -0.05) is 12.1 Å². The van der Waals surface area contributed by atoms with Gasteiger partial charge in [0.25, 0.3) is 0 Å². The van der Waals surface area contributed by atoms with Crippen LogP contribution in [0, 0.1) is 5.92 Å². The van der Waals surface area contributed by atoms with E-state index in [1.54, 1.807) is 19.1 Å². The van der Waals surface area contributed by atoms with Crippen molar-refractivity contribution in [2.24, 2.45) is 5.92 Å². The maximum atomic E-state index is 11.9. The molecule has 21 heavy (non-hydrogen) atoms. The van der Waals surface area contributed by atoms with Crippen molar-refractivity contribution in [2.75, 3.05) is 27.2 Å². The second-order valence-corrected chi connectivity index (χ2v) is 5.62. The van der Waals surface area contributed by atoms with Crippen LogP contribution < -0.4 is 10.1 Å². The zero-order valence-corrected chi connectivity index (χ0v) is 12.7. The first kappa shape index (κ1) is 15.6. The van der Waals surface area contributed by atoms with E-state index in [0.717, 1.165) is 30.6 Å². The third-order valence-corrected chi connectivity index (χ3v) is 3.80. The lowest BCUT2D eigenvalue weighted by Crippen LogP contribution is -2.42. The molecule has 1 aromatic carbocycles. The van der Waals surface area contributed by atoms with Crippen LogP contribution in [0.2, 0.25) is 0 Å². The quantitative estimate of drug-likeness (QED) is 0.803. The van der Waals surface area contributed by atoms with Gasteiger partial charge < -0.3 is 20.1 Å². The molecule has 0 spiro atoms. The van der Waals surface area contributed by atoms with Crippen LogP contribution in [0.3, 0.4) is 0 Å². The minimum absolute atomic E-state index is 0.141. The molecule has 5 nitrogen and oxygen atoms in total. The van der Waals surface area contributed by atoms with Crippen LogP contribution in [-0.2, 0) is 6.42 Å². The van der Waals surface area contributed by atoms with Crippen molar-refractivity contribution in [3.05, 3.63) is 29.8 Å². The van der Waals surface area contributed by atoms with Crippen molar-refractivity contribution >= 4 is 6.03 Å². The van der Waals surface area contributed by atoms with Gasteiger partial charge >= 0.3 is 6.03 Å². The Labute approximate surface area is 125 Å². The molecule has 1 atom stereocenters. The number of likely N-dealkylation sites (N-methyl/N-ethyl adjacent to an activating group) is 1. The van der Waals surface area contributed by atoms with Crippen molar-refractivity contribution in [3.63, 3.8) is 0 Å². The van der Waals surface area contributed by atoms with Gasteiger partial charge in [-0.2, -0.15) is 0 Å². The number of carbonyl (C=O) groups excluding carboxylic acids is 1. The van der Waals surface area contributed by atoms with E-state index in [2.05, 4.69) is 5.32 Å². The van der Waals surface area contributed by atoms with Crippen LogP contribution in [0.5, 0.6) is 5.75 Å². The summed E-state index contributed by atoms with van der Waals surface area (Å²) in [5, 5.41) is 12.7. The molecule has 2 amide bonds. The van der Waals surface area contributed by atoms with Crippen molar-refractivity contribution < 1.29 is 14.6 Å². The van der Waals surface area contributed by atoms with Crippen LogP contribution in [0.4, 0.5) is 4.79 Å². The summed E-state index contributed by atoms with van der Waals surface area (Å²) in [6, 6.07) is 7.67. The van der Waals surface area contributed by atoms with Gasteiger partial charge in [-0.05, 0) is 42.9 Å². The lowest BCUT2D eigenvalue weighted by molar-refractivity contribution is 0.113. The number of nitrogens with zero attached hydrogens (tertiary/aromatic N) is 1. The number of benzene rings is 1. The normalized spacial score (nSPS) is 15.4. The molecule has 1 aliphatic carbocycles. The number of aliphatic hydroxyl groups is 1. The summed E-state index contributed by atoms with van der Waals surface area (Å²) in [7, 11) is 3.35. The molecule has 0 radical (unpaired) electrons. The van der Waals surface area contributed by atoms with Crippen LogP contribution >= 0.6 is 0 Å². The van der Waals surface area contributed by atoms with E-state index in [1.165, 1.54) is 0 Å². The monoisotopic (exact) mass is 292 g/mol. The lowest BCUT2D eigenvalue weighted by Gasteiger charge is -2.21. The molecule has 0 saturated heterocycles. The molecule has 1 saturated carbocycles. The summed E-state index contributed by atoms with van der Waals surface area (Å²) in [6.45, 7) is 0.964. The van der Waals surface area contributed by atoms with E-state index < -0.39 is 0 Å². The van der Waals surface area contributed by atoms with E-state index in [1.807, 2.05) is 24.3 Å². The fourth-order valence-electron chi connectivity index (χ4n) is 2.27. The standard InChI is InChI=1S/C16H24N2O3/c1-18(11-15(19)13-6-7-13)16(20)17-9-8-12-4-3-5-14(10-12)21-2/h3-5,10,13,15,19H,6-9,11H2,1-2H3,(H,17,20). The van der Waals surface area contributed by atoms with Crippen molar-refractivity contribution in [1.82, 2.24) is 10.2 Å². The highest BCUT2D eigenvalue weighted by molar-refractivity contribution is 5.73. The van der Waals surface area contributed by atoms with E-state index in [9.17, 15) is 9.90 Å². The molecule has 1 fully saturated rings. The van der Waals surface area contributed by atoms with Crippen molar-refractivity contribution in [1.29, 1.82) is 0 Å². The number of amides is 2. The highest BCUT2D eigenvalue weighted by Gasteiger charge is 2.31. The summed E-state index contributed by atoms with van der Waals surface area (Å²) < 4.78 is 5.17. The number of urea groups is 1. The van der Waals surface area contributed by atoms with Gasteiger partial charge in [0.05, 0.1) is 13.2 Å². The highest BCUT2D eigenvalue weighted by Crippen LogP contribution is 2.32. The van der Waals surface area contributed by atoms with Gasteiger partial charge in [0.15, 0.2) is 0 Å². The summed E-state index contributed by atoms with van der Waals surface area (Å²) in [5.74, 6) is 1.21. The van der Waals surface area contributed by atoms with Crippen molar-refractivity contribution in [2.45, 2.75) is 25.4 Å². The molecule has 1 aliphatic rings. The highest BCUT2D eigenvalue weighted by atomic mass is 16.5. The van der Waals surface area contributed by atoms with E-state index in [4.69, 9.17) is 4.74 Å². The summed E-state index contributed by atoms with van der Waals surface area (Å²) in [4.78, 5) is 13.5. The Kier molecular flexibility index (Phi) is 5.44. The molecule has 2 N–H and O–H groups in total. The molecule has 2 rings (SSSR count). The van der Waals surface area contributed by atoms with E-state index >= 15 is 0 Å². The van der Waals surface area contributed by atoms with Crippen LogP contribution in [0.1, 0.15) is 18.4 Å². The van der Waals surface area contributed by atoms with Crippen molar-refractivity contribution in [3.8, 4) is 5.75 Å². The molecule has 0 bridgehead atoms. The number of carbonyl (C=O) groups is 1. The Morgan fingerprint density at radius 2 is 2.29 bits per heavy atom. The molecular weight excluding hydrogens is 268 g/mol. The molecule has 0 aliphatic heterocycles. The molecule has 0 heterocycles. The number of nitrogens with one attached hydrogen (secondary N) is 1. The summed E-state index contributed by atoms with van der Waals surface area (Å²) in [5.41, 5.74) is 1.12. The number of hydrogen-bond acceptors (Lipinski definition) is 3. The average Bonchev–Trinajstić information content (AvgIpc) is 3.32. The molecule has 1 unspecified atom stereocenters. The number of rotatable bonds is 7.